The lowest BCUT2D eigenvalue weighted by atomic mass is 9.90. The second kappa shape index (κ2) is 11.3. The molecular weight excluding hydrogens is 524 g/mol. The van der Waals surface area contributed by atoms with Crippen molar-refractivity contribution in [2.75, 3.05) is 76.2 Å². The van der Waals surface area contributed by atoms with Crippen LogP contribution in [-0.4, -0.2) is 111 Å². The average molecular weight is 562 g/mol. The number of carbonyl (C=O) groups is 2. The molecule has 1 aromatic heterocycles. The van der Waals surface area contributed by atoms with Gasteiger partial charge < -0.3 is 29.5 Å². The van der Waals surface area contributed by atoms with Gasteiger partial charge >= 0.3 is 11.9 Å². The van der Waals surface area contributed by atoms with Gasteiger partial charge in [0.1, 0.15) is 11.4 Å². The fourth-order valence-electron chi connectivity index (χ4n) is 6.01. The van der Waals surface area contributed by atoms with Crippen LogP contribution < -0.4 is 15.1 Å². The molecule has 0 aromatic carbocycles. The Bertz CT molecular complexity index is 1200. The first-order valence-corrected chi connectivity index (χ1v) is 13.7. The van der Waals surface area contributed by atoms with E-state index in [-0.39, 0.29) is 29.7 Å². The van der Waals surface area contributed by atoms with E-state index >= 15 is 0 Å². The molecule has 1 aromatic rings. The topological polar surface area (TPSA) is 103 Å². The second-order valence-corrected chi connectivity index (χ2v) is 10.9. The van der Waals surface area contributed by atoms with Crippen LogP contribution in [0.2, 0.25) is 0 Å². The van der Waals surface area contributed by atoms with Gasteiger partial charge in [0.2, 0.25) is 5.95 Å². The van der Waals surface area contributed by atoms with E-state index in [4.69, 9.17) is 9.47 Å². The molecule has 4 aliphatic rings. The monoisotopic (exact) mass is 561 g/mol. The molecule has 1 saturated carbocycles. The summed E-state index contributed by atoms with van der Waals surface area (Å²) in [5.74, 6) is -4.87. The van der Waals surface area contributed by atoms with Crippen LogP contribution in [0, 0.1) is 5.92 Å². The van der Waals surface area contributed by atoms with Crippen molar-refractivity contribution in [3.05, 3.63) is 29.8 Å². The Morgan fingerprint density at radius 1 is 1.10 bits per heavy atom. The highest BCUT2D eigenvalue weighted by Gasteiger charge is 2.49. The molecule has 2 atom stereocenters. The number of ether oxygens (including phenoxy) is 2. The van der Waals surface area contributed by atoms with Crippen LogP contribution in [0.4, 0.5) is 26.2 Å². The Morgan fingerprint density at radius 3 is 2.45 bits per heavy atom. The number of piperazine rings is 1. The molecule has 2 unspecified atom stereocenters. The number of alkyl halides is 2. The zero-order valence-corrected chi connectivity index (χ0v) is 23.4. The number of nitrogens with one attached hydrogen (secondary N) is 1. The molecule has 40 heavy (non-hydrogen) atoms. The molecule has 1 N–H and O–H groups in total. The predicted octanol–water partition coefficient (Wildman–Crippen LogP) is 2.08. The van der Waals surface area contributed by atoms with Gasteiger partial charge in [-0.05, 0) is 32.0 Å². The Labute approximate surface area is 232 Å². The highest BCUT2D eigenvalue weighted by Crippen LogP contribution is 2.40. The van der Waals surface area contributed by atoms with Crippen LogP contribution in [0.3, 0.4) is 0 Å². The number of esters is 1. The zero-order chi connectivity index (χ0) is 28.6. The lowest BCUT2D eigenvalue weighted by molar-refractivity contribution is -0.145. The fraction of sp³-hybridized carbons (Fsp3) is 0.630. The Kier molecular flexibility index (Phi) is 7.96. The van der Waals surface area contributed by atoms with Crippen LogP contribution >= 0.6 is 0 Å². The number of methoxy groups -OCH3 is 2. The maximum atomic E-state index is 14.9. The molecule has 0 spiro atoms. The number of anilines is 3. The highest BCUT2D eigenvalue weighted by atomic mass is 19.3. The summed E-state index contributed by atoms with van der Waals surface area (Å²) in [6.45, 7) is 2.54. The van der Waals surface area contributed by atoms with Crippen LogP contribution in [0.1, 0.15) is 25.7 Å². The molecule has 2 aliphatic carbocycles. The summed E-state index contributed by atoms with van der Waals surface area (Å²) in [5.41, 5.74) is 0.795. The average Bonchev–Trinajstić information content (AvgIpc) is 3.48. The summed E-state index contributed by atoms with van der Waals surface area (Å²) in [6.07, 6.45) is 8.43. The van der Waals surface area contributed by atoms with Gasteiger partial charge in [-0.2, -0.15) is 13.8 Å². The van der Waals surface area contributed by atoms with E-state index in [2.05, 4.69) is 32.1 Å². The van der Waals surface area contributed by atoms with E-state index in [0.29, 0.717) is 17.3 Å². The first-order valence-electron chi connectivity index (χ1n) is 13.7. The molecule has 1 saturated heterocycles. The summed E-state index contributed by atoms with van der Waals surface area (Å²) in [4.78, 5) is 41.4. The van der Waals surface area contributed by atoms with E-state index in [1.54, 1.807) is 11.0 Å². The smallest absolute Gasteiger partial charge is 0.342 e. The van der Waals surface area contributed by atoms with E-state index in [9.17, 15) is 18.4 Å². The van der Waals surface area contributed by atoms with Gasteiger partial charge in [0.25, 0.3) is 5.91 Å². The van der Waals surface area contributed by atoms with E-state index in [1.807, 2.05) is 6.08 Å². The van der Waals surface area contributed by atoms with E-state index in [1.165, 1.54) is 27.5 Å². The molecule has 2 fully saturated rings. The molecule has 11 nitrogen and oxygen atoms in total. The van der Waals surface area contributed by atoms with Crippen LogP contribution in [0.15, 0.2) is 29.8 Å². The first-order chi connectivity index (χ1) is 19.1. The molecule has 13 heteroatoms. The number of hydrogen-bond acceptors (Lipinski definition) is 10. The second-order valence-electron chi connectivity index (χ2n) is 10.9. The van der Waals surface area contributed by atoms with Crippen LogP contribution in [0.25, 0.3) is 0 Å². The number of aromatic nitrogens is 2. The quantitative estimate of drug-likeness (QED) is 0.520. The zero-order valence-electron chi connectivity index (χ0n) is 23.4. The summed E-state index contributed by atoms with van der Waals surface area (Å²) in [7, 11) is 6.26. The fourth-order valence-corrected chi connectivity index (χ4v) is 6.01. The number of carbonyl (C=O) groups excluding carboxylic acids is 2. The first kappa shape index (κ1) is 28.2. The lowest BCUT2D eigenvalue weighted by Crippen LogP contribution is -2.52. The number of likely N-dealkylation sites (N-methyl/N-ethyl adjacent to an activating group) is 1. The van der Waals surface area contributed by atoms with Crippen molar-refractivity contribution in [3.8, 4) is 0 Å². The number of halogens is 2. The number of rotatable bonds is 6. The SMILES string of the molecule is COC(=O)C1C=C(OC)C(Nc2ncc3c(n2)N(C2CCCC2)CC(F)(F)C(=O)N3C)=CC1N1CCN(C)CC1. The molecule has 5 rings (SSSR count). The lowest BCUT2D eigenvalue weighted by Gasteiger charge is -2.40. The number of amides is 1. The molecule has 2 aliphatic heterocycles. The van der Waals surface area contributed by atoms with Crippen LogP contribution in [0.5, 0.6) is 0 Å². The van der Waals surface area contributed by atoms with Crippen molar-refractivity contribution in [2.45, 2.75) is 43.7 Å². The minimum Gasteiger partial charge on any atom is -0.495 e. The van der Waals surface area contributed by atoms with Crippen LogP contribution in [-0.2, 0) is 19.1 Å². The Balaban J connectivity index is 1.50. The van der Waals surface area contributed by atoms with Gasteiger partial charge in [0, 0.05) is 45.3 Å². The Morgan fingerprint density at radius 2 is 1.80 bits per heavy atom. The molecule has 1 amide bonds. The third-order valence-electron chi connectivity index (χ3n) is 8.34. The molecule has 3 heterocycles. The van der Waals surface area contributed by atoms with E-state index in [0.717, 1.165) is 56.8 Å². The molecule has 218 valence electrons. The van der Waals surface area contributed by atoms with Gasteiger partial charge in [-0.3, -0.25) is 14.5 Å². The third kappa shape index (κ3) is 5.36. The van der Waals surface area contributed by atoms with Gasteiger partial charge in [-0.15, -0.1) is 0 Å². The normalized spacial score (nSPS) is 26.1. The van der Waals surface area contributed by atoms with Gasteiger partial charge in [0.05, 0.1) is 38.6 Å². The maximum Gasteiger partial charge on any atom is 0.342 e. The highest BCUT2D eigenvalue weighted by molar-refractivity contribution is 6.02. The minimum absolute atomic E-state index is 0.141. The Hall–Kier alpha value is -3.32. The number of hydrogen-bond donors (Lipinski definition) is 1. The molecule has 0 radical (unpaired) electrons. The van der Waals surface area contributed by atoms with Crippen molar-refractivity contribution in [1.29, 1.82) is 0 Å². The number of nitrogens with zero attached hydrogens (tertiary/aromatic N) is 6. The third-order valence-corrected chi connectivity index (χ3v) is 8.34. The number of fused-ring (bicyclic) bond motifs is 1. The van der Waals surface area contributed by atoms with Gasteiger partial charge in [-0.25, -0.2) is 4.98 Å². The van der Waals surface area contributed by atoms with Crippen molar-refractivity contribution >= 4 is 29.3 Å². The van der Waals surface area contributed by atoms with Crippen molar-refractivity contribution in [1.82, 2.24) is 19.8 Å². The largest absolute Gasteiger partial charge is 0.495 e. The molecule has 0 bridgehead atoms. The summed E-state index contributed by atoms with van der Waals surface area (Å²) in [6, 6.07) is -0.432. The maximum absolute atomic E-state index is 14.9. The summed E-state index contributed by atoms with van der Waals surface area (Å²) < 4.78 is 40.6. The van der Waals surface area contributed by atoms with Crippen molar-refractivity contribution in [3.63, 3.8) is 0 Å². The van der Waals surface area contributed by atoms with Crippen molar-refractivity contribution in [2.24, 2.45) is 5.92 Å². The molecular formula is C27H37F2N7O4. The standard InChI is InChI=1S/C27H37F2N7O4/c1-33-9-11-35(12-10-33)20-14-19(22(39-3)13-18(20)24(37)40-4)31-26-30-15-21-23(32-26)36(17-7-5-6-8-17)16-27(28,29)25(38)34(21)2/h13-15,17-18,20H,5-12,16H2,1-4H3,(H,30,31,32). The van der Waals surface area contributed by atoms with Gasteiger partial charge in [0.15, 0.2) is 5.82 Å². The summed E-state index contributed by atoms with van der Waals surface area (Å²) >= 11 is 0. The minimum atomic E-state index is -3.55. The van der Waals surface area contributed by atoms with Gasteiger partial charge in [-0.1, -0.05) is 12.8 Å². The van der Waals surface area contributed by atoms with Crippen molar-refractivity contribution < 1.29 is 27.8 Å². The summed E-state index contributed by atoms with van der Waals surface area (Å²) in [5, 5.41) is 3.20. The van der Waals surface area contributed by atoms with E-state index < -0.39 is 24.3 Å². The predicted molar refractivity (Wildman–Crippen MR) is 145 cm³/mol.